The fourth-order valence-electron chi connectivity index (χ4n) is 3.88. The van der Waals surface area contributed by atoms with E-state index in [-0.39, 0.29) is 31.1 Å². The smallest absolute Gasteiger partial charge is 0.390 e. The van der Waals surface area contributed by atoms with Gasteiger partial charge in [0.15, 0.2) is 0 Å². The zero-order valence-electron chi connectivity index (χ0n) is 20.6. The Bertz CT molecular complexity index is 1170. The van der Waals surface area contributed by atoms with Crippen LogP contribution in [0, 0.1) is 5.82 Å². The van der Waals surface area contributed by atoms with Crippen LogP contribution in [0.5, 0.6) is 0 Å². The molecule has 3 aromatic carbocycles. The molecule has 0 saturated heterocycles. The minimum Gasteiger partial charge on any atom is -0.390 e. The first kappa shape index (κ1) is 28.1. The molecule has 0 radical (unpaired) electrons. The van der Waals surface area contributed by atoms with E-state index >= 15 is 0 Å². The second-order valence-electron chi connectivity index (χ2n) is 9.16. The summed E-state index contributed by atoms with van der Waals surface area (Å²) in [5, 5.41) is 19.7. The van der Waals surface area contributed by atoms with Crippen molar-refractivity contribution < 1.29 is 27.5 Å². The number of rotatable bonds is 11. The third-order valence-electron chi connectivity index (χ3n) is 5.68. The van der Waals surface area contributed by atoms with Gasteiger partial charge in [0, 0.05) is 24.8 Å². The maximum absolute atomic E-state index is 14.5. The standard InChI is InChI=1S/C28H31F4N3O2/c1-18(2)34-22-11-12-24(29)23(15-22)27(37)35-25(14-19-7-4-3-5-8-19)26(36)17-33-16-20-9-6-10-21(13-20)28(30,31)32/h3-13,15,18,25-26,33-34,36H,14,16-17H2,1-2H3,(H,35,37)/t25-,26+/m0/s1. The molecular weight excluding hydrogens is 486 g/mol. The van der Waals surface area contributed by atoms with Gasteiger partial charge in [0.05, 0.1) is 23.3 Å². The van der Waals surface area contributed by atoms with Crippen LogP contribution in [0.2, 0.25) is 0 Å². The number of anilines is 1. The summed E-state index contributed by atoms with van der Waals surface area (Å²) in [4.78, 5) is 13.0. The summed E-state index contributed by atoms with van der Waals surface area (Å²) in [6.45, 7) is 3.92. The summed E-state index contributed by atoms with van der Waals surface area (Å²) in [5.74, 6) is -1.37. The quantitative estimate of drug-likeness (QED) is 0.265. The molecule has 0 spiro atoms. The molecule has 3 aromatic rings. The van der Waals surface area contributed by atoms with Crippen LogP contribution in [0.15, 0.2) is 72.8 Å². The predicted octanol–water partition coefficient (Wildman–Crippen LogP) is 5.16. The van der Waals surface area contributed by atoms with Crippen molar-refractivity contribution in [3.8, 4) is 0 Å². The summed E-state index contributed by atoms with van der Waals surface area (Å²) < 4.78 is 53.4. The Morgan fingerprint density at radius 2 is 1.65 bits per heavy atom. The number of benzene rings is 3. The minimum atomic E-state index is -4.45. The molecule has 0 heterocycles. The second-order valence-corrected chi connectivity index (χ2v) is 9.16. The summed E-state index contributed by atoms with van der Waals surface area (Å²) in [6, 6.07) is 17.6. The van der Waals surface area contributed by atoms with Crippen LogP contribution in [-0.4, -0.2) is 35.7 Å². The van der Waals surface area contributed by atoms with Gasteiger partial charge in [0.25, 0.3) is 5.91 Å². The first-order valence-corrected chi connectivity index (χ1v) is 12.0. The van der Waals surface area contributed by atoms with Crippen molar-refractivity contribution in [3.05, 3.63) is 101 Å². The Kier molecular flexibility index (Phi) is 9.66. The van der Waals surface area contributed by atoms with E-state index in [1.807, 2.05) is 44.2 Å². The molecule has 0 saturated carbocycles. The fourth-order valence-corrected chi connectivity index (χ4v) is 3.88. The number of aliphatic hydroxyl groups excluding tert-OH is 1. The molecule has 0 unspecified atom stereocenters. The lowest BCUT2D eigenvalue weighted by molar-refractivity contribution is -0.137. The Morgan fingerprint density at radius 3 is 2.32 bits per heavy atom. The molecular formula is C28H31F4N3O2. The van der Waals surface area contributed by atoms with Gasteiger partial charge in [-0.1, -0.05) is 48.5 Å². The highest BCUT2D eigenvalue weighted by Crippen LogP contribution is 2.29. The molecule has 0 aliphatic heterocycles. The third-order valence-corrected chi connectivity index (χ3v) is 5.68. The van der Waals surface area contributed by atoms with Gasteiger partial charge in [0.2, 0.25) is 0 Å². The molecule has 3 rings (SSSR count). The summed E-state index contributed by atoms with van der Waals surface area (Å²) in [6.07, 6.45) is -5.28. The Labute approximate surface area is 213 Å². The van der Waals surface area contributed by atoms with Crippen molar-refractivity contribution in [1.82, 2.24) is 10.6 Å². The molecule has 198 valence electrons. The van der Waals surface area contributed by atoms with E-state index in [1.54, 1.807) is 12.1 Å². The van der Waals surface area contributed by atoms with Gasteiger partial charge in [-0.2, -0.15) is 13.2 Å². The van der Waals surface area contributed by atoms with Gasteiger partial charge in [-0.3, -0.25) is 4.79 Å². The number of alkyl halides is 3. The van der Waals surface area contributed by atoms with Gasteiger partial charge >= 0.3 is 6.18 Å². The van der Waals surface area contributed by atoms with Crippen molar-refractivity contribution in [2.24, 2.45) is 0 Å². The highest BCUT2D eigenvalue weighted by Gasteiger charge is 2.30. The van der Waals surface area contributed by atoms with E-state index in [0.717, 1.165) is 17.7 Å². The number of amides is 1. The number of aliphatic hydroxyl groups is 1. The number of halogens is 4. The lowest BCUT2D eigenvalue weighted by Crippen LogP contribution is -2.48. The Hall–Kier alpha value is -3.43. The van der Waals surface area contributed by atoms with Crippen LogP contribution in [0.3, 0.4) is 0 Å². The van der Waals surface area contributed by atoms with Crippen LogP contribution in [0.1, 0.15) is 40.9 Å². The first-order valence-electron chi connectivity index (χ1n) is 12.0. The van der Waals surface area contributed by atoms with Crippen LogP contribution < -0.4 is 16.0 Å². The van der Waals surface area contributed by atoms with Crippen molar-refractivity contribution in [2.75, 3.05) is 11.9 Å². The average molecular weight is 518 g/mol. The van der Waals surface area contributed by atoms with Crippen LogP contribution in [0.4, 0.5) is 23.2 Å². The van der Waals surface area contributed by atoms with Gasteiger partial charge < -0.3 is 21.1 Å². The van der Waals surface area contributed by atoms with Crippen molar-refractivity contribution in [3.63, 3.8) is 0 Å². The van der Waals surface area contributed by atoms with Crippen LogP contribution >= 0.6 is 0 Å². The number of hydrogen-bond acceptors (Lipinski definition) is 4. The molecule has 37 heavy (non-hydrogen) atoms. The molecule has 4 N–H and O–H groups in total. The maximum atomic E-state index is 14.5. The molecule has 0 fully saturated rings. The third kappa shape index (κ3) is 8.58. The van der Waals surface area contributed by atoms with E-state index in [4.69, 9.17) is 0 Å². The van der Waals surface area contributed by atoms with Crippen molar-refractivity contribution in [2.45, 2.75) is 51.2 Å². The van der Waals surface area contributed by atoms with E-state index < -0.39 is 35.6 Å². The van der Waals surface area contributed by atoms with Crippen molar-refractivity contribution >= 4 is 11.6 Å². The molecule has 0 bridgehead atoms. The van der Waals surface area contributed by atoms with E-state index in [1.165, 1.54) is 18.2 Å². The summed E-state index contributed by atoms with van der Waals surface area (Å²) in [5.41, 5.74) is 0.928. The molecule has 0 aliphatic carbocycles. The summed E-state index contributed by atoms with van der Waals surface area (Å²) >= 11 is 0. The van der Waals surface area contributed by atoms with Crippen LogP contribution in [0.25, 0.3) is 0 Å². The molecule has 5 nitrogen and oxygen atoms in total. The van der Waals surface area contributed by atoms with Crippen LogP contribution in [-0.2, 0) is 19.1 Å². The fraction of sp³-hybridized carbons (Fsp3) is 0.321. The molecule has 2 atom stereocenters. The lowest BCUT2D eigenvalue weighted by atomic mass is 10.00. The Morgan fingerprint density at radius 1 is 0.946 bits per heavy atom. The second kappa shape index (κ2) is 12.7. The molecule has 1 amide bonds. The van der Waals surface area contributed by atoms with Gasteiger partial charge in [-0.25, -0.2) is 4.39 Å². The van der Waals surface area contributed by atoms with Gasteiger partial charge in [-0.05, 0) is 55.7 Å². The zero-order valence-corrected chi connectivity index (χ0v) is 20.6. The number of nitrogens with one attached hydrogen (secondary N) is 3. The van der Waals surface area contributed by atoms with Gasteiger partial charge in [0.1, 0.15) is 5.82 Å². The van der Waals surface area contributed by atoms with Crippen molar-refractivity contribution in [1.29, 1.82) is 0 Å². The predicted molar refractivity (Wildman–Crippen MR) is 136 cm³/mol. The molecule has 0 aromatic heterocycles. The van der Waals surface area contributed by atoms with E-state index in [9.17, 15) is 27.5 Å². The largest absolute Gasteiger partial charge is 0.416 e. The summed E-state index contributed by atoms with van der Waals surface area (Å²) in [7, 11) is 0. The normalized spacial score (nSPS) is 13.3. The minimum absolute atomic E-state index is 0.00848. The SMILES string of the molecule is CC(C)Nc1ccc(F)c(C(=O)N[C@@H](Cc2ccccc2)[C@H](O)CNCc2cccc(C(F)(F)F)c2)c1. The van der Waals surface area contributed by atoms with E-state index in [0.29, 0.717) is 11.3 Å². The number of carbonyl (C=O) groups excluding carboxylic acids is 1. The number of hydrogen-bond donors (Lipinski definition) is 4. The average Bonchev–Trinajstić information content (AvgIpc) is 2.84. The topological polar surface area (TPSA) is 73.4 Å². The maximum Gasteiger partial charge on any atom is 0.416 e. The Balaban J connectivity index is 1.71. The lowest BCUT2D eigenvalue weighted by Gasteiger charge is -2.25. The van der Waals surface area contributed by atoms with Gasteiger partial charge in [-0.15, -0.1) is 0 Å². The molecule has 9 heteroatoms. The highest BCUT2D eigenvalue weighted by atomic mass is 19.4. The zero-order chi connectivity index (χ0) is 27.0. The first-order chi connectivity index (χ1) is 17.5. The monoisotopic (exact) mass is 517 g/mol. The molecule has 0 aliphatic rings. The van der Waals surface area contributed by atoms with E-state index in [2.05, 4.69) is 16.0 Å². The number of carbonyl (C=O) groups is 1. The highest BCUT2D eigenvalue weighted by molar-refractivity contribution is 5.95.